The van der Waals surface area contributed by atoms with E-state index < -0.39 is 0 Å². The molecule has 2 amide bonds. The Kier molecular flexibility index (Phi) is 6.69. The van der Waals surface area contributed by atoms with Crippen LogP contribution in [0.5, 0.6) is 0 Å². The molecule has 0 unspecified atom stereocenters. The van der Waals surface area contributed by atoms with Crippen molar-refractivity contribution < 1.29 is 14.3 Å². The van der Waals surface area contributed by atoms with Crippen LogP contribution in [0, 0.1) is 5.92 Å². The molecule has 0 atom stereocenters. The van der Waals surface area contributed by atoms with Crippen LogP contribution in [-0.2, 0) is 9.53 Å². The van der Waals surface area contributed by atoms with Crippen LogP contribution in [0.3, 0.4) is 0 Å². The molecule has 3 N–H and O–H groups in total. The zero-order valence-corrected chi connectivity index (χ0v) is 16.3. The second-order valence-electron chi connectivity index (χ2n) is 7.31. The van der Waals surface area contributed by atoms with Crippen molar-refractivity contribution in [1.82, 2.24) is 5.32 Å². The summed E-state index contributed by atoms with van der Waals surface area (Å²) >= 11 is 0. The number of ether oxygens (including phenoxy) is 1. The average Bonchev–Trinajstić information content (AvgIpc) is 3.07. The van der Waals surface area contributed by atoms with E-state index in [4.69, 9.17) is 10.5 Å². The van der Waals surface area contributed by atoms with E-state index in [-0.39, 0.29) is 23.8 Å². The number of nitrogens with two attached hydrogens (primary N) is 1. The highest BCUT2D eigenvalue weighted by Crippen LogP contribution is 2.44. The first-order valence-electron chi connectivity index (χ1n) is 9.94. The first-order valence-corrected chi connectivity index (χ1v) is 9.94. The molecule has 4 rings (SSSR count). The Balaban J connectivity index is 0.000000211. The zero-order valence-electron chi connectivity index (χ0n) is 16.3. The molecule has 148 valence electrons. The van der Waals surface area contributed by atoms with Crippen molar-refractivity contribution in [2.45, 2.75) is 38.0 Å². The molecule has 2 aliphatic rings. The Hall–Kier alpha value is -2.82. The standard InChI is InChI=1S/C16H15NO2.C7H13NO/c1-17-16(18)19-10-15-13-8-4-2-6-11(13)12-7-3-5-9-14(12)15;8-7(9)6-4-2-1-3-5-6/h2-9,15H,10H2,1H3,(H,17,18);6H,1-5H2,(H2,8,9). The van der Waals surface area contributed by atoms with Gasteiger partial charge in [-0.3, -0.25) is 4.79 Å². The molecule has 2 aliphatic carbocycles. The topological polar surface area (TPSA) is 81.4 Å². The lowest BCUT2D eigenvalue weighted by Crippen LogP contribution is -2.24. The van der Waals surface area contributed by atoms with E-state index in [9.17, 15) is 9.59 Å². The number of amides is 2. The van der Waals surface area contributed by atoms with Crippen molar-refractivity contribution in [3.8, 4) is 11.1 Å². The molecule has 0 spiro atoms. The lowest BCUT2D eigenvalue weighted by Gasteiger charge is -2.17. The fourth-order valence-electron chi connectivity index (χ4n) is 4.06. The van der Waals surface area contributed by atoms with Crippen molar-refractivity contribution >= 4 is 12.0 Å². The van der Waals surface area contributed by atoms with E-state index in [0.717, 1.165) is 12.8 Å². The predicted octanol–water partition coefficient (Wildman–Crippen LogP) is 4.21. The number of primary amides is 1. The highest BCUT2D eigenvalue weighted by molar-refractivity contribution is 5.79. The molecule has 1 fully saturated rings. The van der Waals surface area contributed by atoms with E-state index in [0.29, 0.717) is 6.61 Å². The number of carbonyl (C=O) groups is 2. The molecule has 0 radical (unpaired) electrons. The van der Waals surface area contributed by atoms with Gasteiger partial charge in [0.05, 0.1) is 0 Å². The highest BCUT2D eigenvalue weighted by atomic mass is 16.5. The van der Waals surface area contributed by atoms with Gasteiger partial charge in [0.25, 0.3) is 0 Å². The molecule has 0 aromatic heterocycles. The summed E-state index contributed by atoms with van der Waals surface area (Å²) in [6, 6.07) is 16.6. The number of fused-ring (bicyclic) bond motifs is 3. The summed E-state index contributed by atoms with van der Waals surface area (Å²) in [5, 5.41) is 2.48. The summed E-state index contributed by atoms with van der Waals surface area (Å²) in [5.74, 6) is 0.221. The maximum Gasteiger partial charge on any atom is 0.406 e. The molecule has 0 saturated heterocycles. The van der Waals surface area contributed by atoms with Crippen LogP contribution >= 0.6 is 0 Å². The normalized spacial score (nSPS) is 15.6. The number of carbonyl (C=O) groups excluding carboxylic acids is 2. The van der Waals surface area contributed by atoms with E-state index in [2.05, 4.69) is 29.6 Å². The lowest BCUT2D eigenvalue weighted by atomic mass is 9.89. The molecule has 0 bridgehead atoms. The Morgan fingerprint density at radius 2 is 1.50 bits per heavy atom. The molecule has 5 nitrogen and oxygen atoms in total. The summed E-state index contributed by atoms with van der Waals surface area (Å²) in [6.45, 7) is 0.369. The lowest BCUT2D eigenvalue weighted by molar-refractivity contribution is -0.122. The number of hydrogen-bond acceptors (Lipinski definition) is 3. The fourth-order valence-corrected chi connectivity index (χ4v) is 4.06. The van der Waals surface area contributed by atoms with Crippen LogP contribution in [0.1, 0.15) is 49.1 Å². The predicted molar refractivity (Wildman–Crippen MR) is 110 cm³/mol. The number of benzene rings is 2. The van der Waals surface area contributed by atoms with Crippen LogP contribution in [0.2, 0.25) is 0 Å². The van der Waals surface area contributed by atoms with E-state index in [1.54, 1.807) is 7.05 Å². The Bertz CT molecular complexity index is 783. The van der Waals surface area contributed by atoms with Crippen molar-refractivity contribution in [3.05, 3.63) is 59.7 Å². The maximum absolute atomic E-state index is 11.3. The third-order valence-electron chi connectivity index (χ3n) is 5.56. The molecule has 28 heavy (non-hydrogen) atoms. The van der Waals surface area contributed by atoms with Crippen LogP contribution in [-0.4, -0.2) is 25.7 Å². The van der Waals surface area contributed by atoms with Crippen LogP contribution in [0.25, 0.3) is 11.1 Å². The Labute approximate surface area is 166 Å². The Morgan fingerprint density at radius 3 is 1.96 bits per heavy atom. The third-order valence-corrected chi connectivity index (χ3v) is 5.56. The number of nitrogens with one attached hydrogen (secondary N) is 1. The molecule has 0 heterocycles. The van der Waals surface area contributed by atoms with Crippen LogP contribution in [0.15, 0.2) is 48.5 Å². The SMILES string of the molecule is CNC(=O)OCC1c2ccccc2-c2ccccc21.NC(=O)C1CCCCC1. The van der Waals surface area contributed by atoms with Crippen molar-refractivity contribution in [3.63, 3.8) is 0 Å². The summed E-state index contributed by atoms with van der Waals surface area (Å²) in [4.78, 5) is 21.8. The monoisotopic (exact) mass is 380 g/mol. The van der Waals surface area contributed by atoms with Gasteiger partial charge < -0.3 is 15.8 Å². The first kappa shape index (κ1) is 19.9. The van der Waals surface area contributed by atoms with Gasteiger partial charge >= 0.3 is 6.09 Å². The highest BCUT2D eigenvalue weighted by Gasteiger charge is 2.28. The molecular formula is C23H28N2O3. The van der Waals surface area contributed by atoms with Gasteiger partial charge in [-0.25, -0.2) is 4.79 Å². The van der Waals surface area contributed by atoms with E-state index in [1.807, 2.05) is 24.3 Å². The van der Waals surface area contributed by atoms with Gasteiger partial charge in [-0.2, -0.15) is 0 Å². The molecule has 2 aromatic rings. The summed E-state index contributed by atoms with van der Waals surface area (Å²) in [5.41, 5.74) is 10.1. The minimum absolute atomic E-state index is 0.102. The minimum atomic E-state index is -0.387. The summed E-state index contributed by atoms with van der Waals surface area (Å²) < 4.78 is 5.24. The molecule has 1 saturated carbocycles. The van der Waals surface area contributed by atoms with E-state index >= 15 is 0 Å². The maximum atomic E-state index is 11.3. The number of alkyl carbamates (subject to hydrolysis) is 1. The van der Waals surface area contributed by atoms with Gasteiger partial charge in [0, 0.05) is 18.9 Å². The van der Waals surface area contributed by atoms with Crippen molar-refractivity contribution in [2.24, 2.45) is 11.7 Å². The van der Waals surface area contributed by atoms with Gasteiger partial charge in [-0.05, 0) is 35.1 Å². The van der Waals surface area contributed by atoms with Crippen LogP contribution < -0.4 is 11.1 Å². The van der Waals surface area contributed by atoms with Gasteiger partial charge in [-0.15, -0.1) is 0 Å². The number of rotatable bonds is 3. The quantitative estimate of drug-likeness (QED) is 0.837. The van der Waals surface area contributed by atoms with Gasteiger partial charge in [0.1, 0.15) is 6.61 Å². The second kappa shape index (κ2) is 9.40. The fraction of sp³-hybridized carbons (Fsp3) is 0.391. The van der Waals surface area contributed by atoms with Crippen molar-refractivity contribution in [2.75, 3.05) is 13.7 Å². The van der Waals surface area contributed by atoms with E-state index in [1.165, 1.54) is 41.5 Å². The molecule has 2 aromatic carbocycles. The minimum Gasteiger partial charge on any atom is -0.449 e. The van der Waals surface area contributed by atoms with Gasteiger partial charge in [0.2, 0.25) is 5.91 Å². The Morgan fingerprint density at radius 1 is 0.964 bits per heavy atom. The molecule has 5 heteroatoms. The van der Waals surface area contributed by atoms with Gasteiger partial charge in [0.15, 0.2) is 0 Å². The summed E-state index contributed by atoms with van der Waals surface area (Å²) in [7, 11) is 1.57. The molecule has 0 aliphatic heterocycles. The average molecular weight is 380 g/mol. The molecular weight excluding hydrogens is 352 g/mol. The largest absolute Gasteiger partial charge is 0.449 e. The number of hydrogen-bond donors (Lipinski definition) is 2. The summed E-state index contributed by atoms with van der Waals surface area (Å²) in [6.07, 6.45) is 5.32. The van der Waals surface area contributed by atoms with Crippen molar-refractivity contribution in [1.29, 1.82) is 0 Å². The first-order chi connectivity index (χ1) is 13.6. The third kappa shape index (κ3) is 4.53. The second-order valence-corrected chi connectivity index (χ2v) is 7.31. The zero-order chi connectivity index (χ0) is 19.9. The smallest absolute Gasteiger partial charge is 0.406 e. The van der Waals surface area contributed by atoms with Crippen LogP contribution in [0.4, 0.5) is 4.79 Å². The van der Waals surface area contributed by atoms with Gasteiger partial charge in [-0.1, -0.05) is 67.8 Å².